The standard InChI is InChI=1S/C24H35N5S/c1-27(2)22-9-7-20(8-10-22)18-29-15-5-6-21(19-29)23-11-12-25-24(26-23)30-17-16-28-13-3-4-14-28/h7-12,21H,3-6,13-19H2,1-2H3. The van der Waals surface area contributed by atoms with E-state index in [-0.39, 0.29) is 0 Å². The van der Waals surface area contributed by atoms with Gasteiger partial charge in [0, 0.05) is 63.0 Å². The molecule has 0 N–H and O–H groups in total. The van der Waals surface area contributed by atoms with Crippen LogP contribution in [0.25, 0.3) is 0 Å². The Balaban J connectivity index is 1.31. The van der Waals surface area contributed by atoms with Crippen LogP contribution in [0.15, 0.2) is 41.7 Å². The van der Waals surface area contributed by atoms with E-state index in [0.29, 0.717) is 5.92 Å². The molecule has 30 heavy (non-hydrogen) atoms. The van der Waals surface area contributed by atoms with Gasteiger partial charge in [-0.05, 0) is 69.1 Å². The van der Waals surface area contributed by atoms with Gasteiger partial charge in [-0.2, -0.15) is 0 Å². The summed E-state index contributed by atoms with van der Waals surface area (Å²) >= 11 is 1.81. The minimum Gasteiger partial charge on any atom is -0.378 e. The monoisotopic (exact) mass is 425 g/mol. The third kappa shape index (κ3) is 5.96. The normalized spacial score (nSPS) is 20.5. The molecule has 2 aliphatic heterocycles. The Morgan fingerprint density at radius 3 is 2.53 bits per heavy atom. The maximum Gasteiger partial charge on any atom is 0.187 e. The van der Waals surface area contributed by atoms with E-state index >= 15 is 0 Å². The second-order valence-electron chi connectivity index (χ2n) is 8.80. The van der Waals surface area contributed by atoms with Crippen molar-refractivity contribution in [2.75, 3.05) is 57.5 Å². The molecule has 1 atom stereocenters. The van der Waals surface area contributed by atoms with E-state index in [1.807, 2.05) is 18.0 Å². The lowest BCUT2D eigenvalue weighted by Crippen LogP contribution is -2.34. The molecular weight excluding hydrogens is 390 g/mol. The summed E-state index contributed by atoms with van der Waals surface area (Å²) in [6.07, 6.45) is 7.13. The maximum atomic E-state index is 4.93. The Kier molecular flexibility index (Phi) is 7.63. The molecule has 2 aliphatic rings. The Labute approximate surface area is 185 Å². The first-order valence-electron chi connectivity index (χ1n) is 11.3. The fourth-order valence-electron chi connectivity index (χ4n) is 4.52. The van der Waals surface area contributed by atoms with Crippen LogP contribution in [0.5, 0.6) is 0 Å². The molecule has 0 spiro atoms. The van der Waals surface area contributed by atoms with E-state index in [4.69, 9.17) is 4.98 Å². The van der Waals surface area contributed by atoms with Crippen LogP contribution in [0.1, 0.15) is 42.9 Å². The zero-order chi connectivity index (χ0) is 20.8. The van der Waals surface area contributed by atoms with Gasteiger partial charge in [-0.15, -0.1) is 0 Å². The first kappa shape index (κ1) is 21.6. The van der Waals surface area contributed by atoms with Gasteiger partial charge in [0.15, 0.2) is 5.16 Å². The van der Waals surface area contributed by atoms with Crippen LogP contribution in [0.2, 0.25) is 0 Å². The molecule has 0 bridgehead atoms. The highest BCUT2D eigenvalue weighted by molar-refractivity contribution is 7.99. The number of hydrogen-bond acceptors (Lipinski definition) is 6. The minimum absolute atomic E-state index is 0.515. The molecule has 6 heteroatoms. The number of likely N-dealkylation sites (tertiary alicyclic amines) is 2. The quantitative estimate of drug-likeness (QED) is 0.468. The van der Waals surface area contributed by atoms with Gasteiger partial charge in [0.25, 0.3) is 0 Å². The number of thioether (sulfide) groups is 1. The van der Waals surface area contributed by atoms with Crippen molar-refractivity contribution >= 4 is 17.4 Å². The van der Waals surface area contributed by atoms with Crippen molar-refractivity contribution in [2.45, 2.75) is 43.3 Å². The lowest BCUT2D eigenvalue weighted by molar-refractivity contribution is 0.198. The summed E-state index contributed by atoms with van der Waals surface area (Å²) in [4.78, 5) is 16.7. The lowest BCUT2D eigenvalue weighted by atomic mass is 9.94. The van der Waals surface area contributed by atoms with Crippen molar-refractivity contribution in [1.29, 1.82) is 0 Å². The summed E-state index contributed by atoms with van der Waals surface area (Å²) in [6, 6.07) is 11.1. The van der Waals surface area contributed by atoms with Gasteiger partial charge in [-0.3, -0.25) is 4.90 Å². The third-order valence-corrected chi connectivity index (χ3v) is 7.12. The number of nitrogens with zero attached hydrogens (tertiary/aromatic N) is 5. The SMILES string of the molecule is CN(C)c1ccc(CN2CCCC(c3ccnc(SCCN4CCCC4)n3)C2)cc1. The highest BCUT2D eigenvalue weighted by atomic mass is 32.2. The van der Waals surface area contributed by atoms with Gasteiger partial charge in [0.1, 0.15) is 0 Å². The molecule has 162 valence electrons. The number of aromatic nitrogens is 2. The minimum atomic E-state index is 0.515. The molecule has 2 fully saturated rings. The fourth-order valence-corrected chi connectivity index (χ4v) is 5.36. The molecule has 0 aliphatic carbocycles. The third-order valence-electron chi connectivity index (χ3n) is 6.28. The Morgan fingerprint density at radius 2 is 1.77 bits per heavy atom. The van der Waals surface area contributed by atoms with E-state index in [0.717, 1.165) is 30.5 Å². The van der Waals surface area contributed by atoms with Crippen molar-refractivity contribution in [3.05, 3.63) is 47.8 Å². The predicted molar refractivity (Wildman–Crippen MR) is 126 cm³/mol. The van der Waals surface area contributed by atoms with Crippen molar-refractivity contribution in [3.63, 3.8) is 0 Å². The molecule has 2 aromatic rings. The average molecular weight is 426 g/mol. The molecule has 1 unspecified atom stereocenters. The summed E-state index contributed by atoms with van der Waals surface area (Å²) in [5.74, 6) is 1.60. The van der Waals surface area contributed by atoms with Crippen molar-refractivity contribution in [1.82, 2.24) is 19.8 Å². The second kappa shape index (κ2) is 10.6. The van der Waals surface area contributed by atoms with Crippen LogP contribution >= 0.6 is 11.8 Å². The average Bonchev–Trinajstić information content (AvgIpc) is 3.28. The van der Waals surface area contributed by atoms with Crippen molar-refractivity contribution in [3.8, 4) is 0 Å². The molecule has 5 nitrogen and oxygen atoms in total. The molecule has 0 saturated carbocycles. The zero-order valence-corrected chi connectivity index (χ0v) is 19.3. The number of rotatable bonds is 8. The number of benzene rings is 1. The Morgan fingerprint density at radius 1 is 1.00 bits per heavy atom. The van der Waals surface area contributed by atoms with Crippen molar-refractivity contribution in [2.24, 2.45) is 0 Å². The van der Waals surface area contributed by atoms with E-state index in [9.17, 15) is 0 Å². The molecule has 1 aromatic heterocycles. The number of piperidine rings is 1. The smallest absolute Gasteiger partial charge is 0.187 e. The summed E-state index contributed by atoms with van der Waals surface area (Å²) < 4.78 is 0. The summed E-state index contributed by atoms with van der Waals surface area (Å²) in [5.41, 5.74) is 3.87. The highest BCUT2D eigenvalue weighted by Gasteiger charge is 2.23. The first-order valence-corrected chi connectivity index (χ1v) is 12.3. The maximum absolute atomic E-state index is 4.93. The zero-order valence-electron chi connectivity index (χ0n) is 18.5. The highest BCUT2D eigenvalue weighted by Crippen LogP contribution is 2.28. The van der Waals surface area contributed by atoms with E-state index < -0.39 is 0 Å². The number of hydrogen-bond donors (Lipinski definition) is 0. The van der Waals surface area contributed by atoms with Crippen LogP contribution in [-0.4, -0.2) is 72.3 Å². The van der Waals surface area contributed by atoms with Gasteiger partial charge in [-0.25, -0.2) is 9.97 Å². The molecule has 1 aromatic carbocycles. The van der Waals surface area contributed by atoms with Crippen LogP contribution < -0.4 is 4.90 Å². The molecule has 4 rings (SSSR count). The van der Waals surface area contributed by atoms with Gasteiger partial charge >= 0.3 is 0 Å². The van der Waals surface area contributed by atoms with Crippen LogP contribution in [-0.2, 0) is 6.54 Å². The van der Waals surface area contributed by atoms with Crippen LogP contribution in [0, 0.1) is 0 Å². The topological polar surface area (TPSA) is 35.5 Å². The van der Waals surface area contributed by atoms with E-state index in [1.54, 1.807) is 0 Å². The first-order chi connectivity index (χ1) is 14.7. The summed E-state index contributed by atoms with van der Waals surface area (Å²) in [5, 5.41) is 0.947. The van der Waals surface area contributed by atoms with Crippen molar-refractivity contribution < 1.29 is 0 Å². The molecule has 3 heterocycles. The molecule has 2 saturated heterocycles. The lowest BCUT2D eigenvalue weighted by Gasteiger charge is -2.32. The predicted octanol–water partition coefficient (Wildman–Crippen LogP) is 4.11. The Hall–Kier alpha value is -1.63. The second-order valence-corrected chi connectivity index (χ2v) is 9.86. The van der Waals surface area contributed by atoms with E-state index in [2.05, 4.69) is 64.1 Å². The van der Waals surface area contributed by atoms with Gasteiger partial charge in [0.2, 0.25) is 0 Å². The largest absolute Gasteiger partial charge is 0.378 e. The number of anilines is 1. The van der Waals surface area contributed by atoms with Gasteiger partial charge < -0.3 is 9.80 Å². The molecule has 0 amide bonds. The van der Waals surface area contributed by atoms with Crippen LogP contribution in [0.3, 0.4) is 0 Å². The van der Waals surface area contributed by atoms with E-state index in [1.165, 1.54) is 62.3 Å². The summed E-state index contributed by atoms with van der Waals surface area (Å²) in [7, 11) is 4.18. The summed E-state index contributed by atoms with van der Waals surface area (Å²) in [6.45, 7) is 6.96. The van der Waals surface area contributed by atoms with Gasteiger partial charge in [0.05, 0.1) is 0 Å². The molecule has 0 radical (unpaired) electrons. The van der Waals surface area contributed by atoms with Crippen LogP contribution in [0.4, 0.5) is 5.69 Å². The fraction of sp³-hybridized carbons (Fsp3) is 0.583. The Bertz CT molecular complexity index is 788. The van der Waals surface area contributed by atoms with Gasteiger partial charge in [-0.1, -0.05) is 23.9 Å². The molecular formula is C24H35N5S.